The van der Waals surface area contributed by atoms with E-state index in [0.29, 0.717) is 38.7 Å². The number of morpholine rings is 1. The Bertz CT molecular complexity index is 565. The van der Waals surface area contributed by atoms with Gasteiger partial charge in [-0.1, -0.05) is 12.1 Å². The van der Waals surface area contributed by atoms with Crippen molar-refractivity contribution in [1.82, 2.24) is 4.90 Å². The Morgan fingerprint density at radius 1 is 1.38 bits per heavy atom. The third kappa shape index (κ3) is 3.88. The van der Waals surface area contributed by atoms with Gasteiger partial charge < -0.3 is 24.2 Å². The van der Waals surface area contributed by atoms with E-state index in [9.17, 15) is 9.90 Å². The molecule has 1 amide bonds. The minimum Gasteiger partial charge on any atom is -0.481 e. The summed E-state index contributed by atoms with van der Waals surface area (Å²) in [4.78, 5) is 14.6. The molecule has 132 valence electrons. The van der Waals surface area contributed by atoms with Gasteiger partial charge in [-0.15, -0.1) is 0 Å². The van der Waals surface area contributed by atoms with Gasteiger partial charge in [-0.05, 0) is 24.6 Å². The maximum Gasteiger partial charge on any atom is 0.263 e. The smallest absolute Gasteiger partial charge is 0.263 e. The Kier molecular flexibility index (Phi) is 5.38. The summed E-state index contributed by atoms with van der Waals surface area (Å²) in [5.41, 5.74) is 0.502. The number of hydrogen-bond acceptors (Lipinski definition) is 5. The van der Waals surface area contributed by atoms with Crippen molar-refractivity contribution >= 4 is 5.91 Å². The molecule has 0 saturated carbocycles. The van der Waals surface area contributed by atoms with Gasteiger partial charge in [0.15, 0.2) is 6.10 Å². The second-order valence-electron chi connectivity index (χ2n) is 6.47. The van der Waals surface area contributed by atoms with Crippen LogP contribution in [0.1, 0.15) is 25.3 Å². The van der Waals surface area contributed by atoms with Crippen LogP contribution in [0.4, 0.5) is 0 Å². The lowest BCUT2D eigenvalue weighted by Crippen LogP contribution is -2.57. The quantitative estimate of drug-likeness (QED) is 0.900. The molecule has 1 N–H and O–H groups in total. The molecule has 1 aromatic carbocycles. The first-order valence-electron chi connectivity index (χ1n) is 8.49. The van der Waals surface area contributed by atoms with E-state index in [4.69, 9.17) is 14.2 Å². The first kappa shape index (κ1) is 17.2. The van der Waals surface area contributed by atoms with Gasteiger partial charge in [0.25, 0.3) is 5.91 Å². The van der Waals surface area contributed by atoms with Crippen LogP contribution < -0.4 is 4.74 Å². The van der Waals surface area contributed by atoms with Crippen molar-refractivity contribution < 1.29 is 24.1 Å². The van der Waals surface area contributed by atoms with Crippen molar-refractivity contribution in [3.05, 3.63) is 29.8 Å². The average molecular weight is 335 g/mol. The number of benzene rings is 1. The zero-order chi connectivity index (χ0) is 17.0. The highest BCUT2D eigenvalue weighted by molar-refractivity contribution is 5.81. The second kappa shape index (κ2) is 7.51. The average Bonchev–Trinajstić information content (AvgIpc) is 2.62. The third-order valence-corrected chi connectivity index (χ3v) is 4.71. The van der Waals surface area contributed by atoms with Crippen LogP contribution in [0.5, 0.6) is 5.75 Å². The van der Waals surface area contributed by atoms with Gasteiger partial charge in [-0.25, -0.2) is 0 Å². The molecule has 2 saturated heterocycles. The number of hydrogen-bond donors (Lipinski definition) is 1. The van der Waals surface area contributed by atoms with Crippen LogP contribution in [0.15, 0.2) is 24.3 Å². The Morgan fingerprint density at radius 3 is 2.92 bits per heavy atom. The molecule has 3 rings (SSSR count). The summed E-state index contributed by atoms with van der Waals surface area (Å²) in [6.45, 7) is 4.82. The van der Waals surface area contributed by atoms with Crippen LogP contribution in [0.2, 0.25) is 0 Å². The molecule has 6 heteroatoms. The molecular formula is C18H25NO5. The van der Waals surface area contributed by atoms with Crippen LogP contribution in [0.3, 0.4) is 0 Å². The summed E-state index contributed by atoms with van der Waals surface area (Å²) < 4.78 is 17.2. The summed E-state index contributed by atoms with van der Waals surface area (Å²) >= 11 is 0. The Hall–Kier alpha value is -1.63. The Morgan fingerprint density at radius 2 is 2.17 bits per heavy atom. The lowest BCUT2D eigenvalue weighted by molar-refractivity contribution is -0.171. The number of amides is 1. The van der Waals surface area contributed by atoms with Crippen molar-refractivity contribution in [3.63, 3.8) is 0 Å². The first-order chi connectivity index (χ1) is 11.6. The zero-order valence-corrected chi connectivity index (χ0v) is 14.1. The molecule has 1 spiro atoms. The Labute approximate surface area is 142 Å². The van der Waals surface area contributed by atoms with E-state index >= 15 is 0 Å². The maximum absolute atomic E-state index is 12.7. The molecule has 1 atom stereocenters. The topological polar surface area (TPSA) is 68.2 Å². The monoisotopic (exact) mass is 335 g/mol. The molecule has 0 bridgehead atoms. The lowest BCUT2D eigenvalue weighted by atomic mass is 9.92. The molecule has 0 radical (unpaired) electrons. The lowest BCUT2D eigenvalue weighted by Gasteiger charge is -2.45. The van der Waals surface area contributed by atoms with E-state index in [0.717, 1.165) is 18.4 Å². The van der Waals surface area contributed by atoms with Gasteiger partial charge in [-0.2, -0.15) is 0 Å². The number of carbonyl (C=O) groups excluding carboxylic acids is 1. The molecule has 2 fully saturated rings. The predicted molar refractivity (Wildman–Crippen MR) is 87.8 cm³/mol. The number of rotatable bonds is 4. The van der Waals surface area contributed by atoms with Gasteiger partial charge in [0.05, 0.1) is 25.4 Å². The van der Waals surface area contributed by atoms with Crippen molar-refractivity contribution in [2.45, 2.75) is 38.1 Å². The molecule has 2 heterocycles. The fourth-order valence-corrected chi connectivity index (χ4v) is 3.31. The van der Waals surface area contributed by atoms with Crippen LogP contribution >= 0.6 is 0 Å². The molecular weight excluding hydrogens is 310 g/mol. The van der Waals surface area contributed by atoms with E-state index < -0.39 is 6.10 Å². The number of aliphatic hydroxyl groups excluding tert-OH is 1. The van der Waals surface area contributed by atoms with Crippen molar-refractivity contribution in [1.29, 1.82) is 0 Å². The predicted octanol–water partition coefficient (Wildman–Crippen LogP) is 1.35. The second-order valence-corrected chi connectivity index (χ2v) is 6.47. The van der Waals surface area contributed by atoms with Crippen LogP contribution in [0, 0.1) is 0 Å². The van der Waals surface area contributed by atoms with E-state index in [1.807, 2.05) is 17.0 Å². The molecule has 1 aromatic rings. The van der Waals surface area contributed by atoms with Gasteiger partial charge in [0, 0.05) is 32.6 Å². The van der Waals surface area contributed by atoms with Crippen LogP contribution in [-0.4, -0.2) is 60.5 Å². The minimum absolute atomic E-state index is 0.0291. The molecule has 1 unspecified atom stereocenters. The van der Waals surface area contributed by atoms with E-state index in [1.54, 1.807) is 19.1 Å². The molecule has 0 aromatic heterocycles. The van der Waals surface area contributed by atoms with Crippen molar-refractivity contribution in [2.75, 3.05) is 32.9 Å². The zero-order valence-electron chi connectivity index (χ0n) is 14.1. The summed E-state index contributed by atoms with van der Waals surface area (Å²) in [5.74, 6) is 0.565. The SMILES string of the molecule is CC(Oc1cccc(CO)c1)C(=O)N1CCOC2(CCOCC2)C1. The summed E-state index contributed by atoms with van der Waals surface area (Å²) in [5, 5.41) is 9.20. The fraction of sp³-hybridized carbons (Fsp3) is 0.611. The van der Waals surface area contributed by atoms with Gasteiger partial charge in [0.2, 0.25) is 0 Å². The van der Waals surface area contributed by atoms with Crippen molar-refractivity contribution in [3.8, 4) is 5.75 Å². The summed E-state index contributed by atoms with van der Waals surface area (Å²) in [6.07, 6.45) is 1.07. The van der Waals surface area contributed by atoms with E-state index in [-0.39, 0.29) is 18.1 Å². The van der Waals surface area contributed by atoms with E-state index in [2.05, 4.69) is 0 Å². The summed E-state index contributed by atoms with van der Waals surface area (Å²) in [6, 6.07) is 7.17. The fourth-order valence-electron chi connectivity index (χ4n) is 3.31. The number of ether oxygens (including phenoxy) is 3. The highest BCUT2D eigenvalue weighted by Gasteiger charge is 2.40. The molecule has 0 aliphatic carbocycles. The first-order valence-corrected chi connectivity index (χ1v) is 8.49. The molecule has 2 aliphatic rings. The van der Waals surface area contributed by atoms with Gasteiger partial charge in [0.1, 0.15) is 5.75 Å². The van der Waals surface area contributed by atoms with Crippen LogP contribution in [0.25, 0.3) is 0 Å². The summed E-state index contributed by atoms with van der Waals surface area (Å²) in [7, 11) is 0. The molecule has 24 heavy (non-hydrogen) atoms. The highest BCUT2D eigenvalue weighted by atomic mass is 16.5. The number of aliphatic hydroxyl groups is 1. The van der Waals surface area contributed by atoms with Gasteiger partial charge >= 0.3 is 0 Å². The Balaban J connectivity index is 1.62. The van der Waals surface area contributed by atoms with Crippen LogP contribution in [-0.2, 0) is 20.9 Å². The highest BCUT2D eigenvalue weighted by Crippen LogP contribution is 2.29. The van der Waals surface area contributed by atoms with E-state index in [1.165, 1.54) is 0 Å². The minimum atomic E-state index is -0.575. The number of nitrogens with zero attached hydrogens (tertiary/aromatic N) is 1. The van der Waals surface area contributed by atoms with Crippen molar-refractivity contribution in [2.24, 2.45) is 0 Å². The molecule has 2 aliphatic heterocycles. The largest absolute Gasteiger partial charge is 0.481 e. The molecule has 6 nitrogen and oxygen atoms in total. The number of carbonyl (C=O) groups is 1. The normalized spacial score (nSPS) is 21.5. The maximum atomic E-state index is 12.7. The third-order valence-electron chi connectivity index (χ3n) is 4.71. The van der Waals surface area contributed by atoms with Gasteiger partial charge in [-0.3, -0.25) is 4.79 Å². The standard InChI is InChI=1S/C18H25NO5/c1-14(24-16-4-2-3-15(11-16)12-20)17(21)19-7-10-23-18(13-19)5-8-22-9-6-18/h2-4,11,14,20H,5-10,12-13H2,1H3.